The number of aryl methyl sites for hydroxylation is 1. The molecular weight excluding hydrogens is 406 g/mol. The summed E-state index contributed by atoms with van der Waals surface area (Å²) in [5, 5.41) is 34.0. The van der Waals surface area contributed by atoms with E-state index in [-0.39, 0.29) is 16.9 Å². The van der Waals surface area contributed by atoms with Crippen LogP contribution in [0.1, 0.15) is 34.2 Å². The first-order valence-electron chi connectivity index (χ1n) is 8.96. The average Bonchev–Trinajstić information content (AvgIpc) is 3.12. The van der Waals surface area contributed by atoms with E-state index < -0.39 is 15.8 Å². The van der Waals surface area contributed by atoms with Crippen molar-refractivity contribution in [2.24, 2.45) is 5.10 Å². The third-order valence-corrected chi connectivity index (χ3v) is 4.50. The third-order valence-electron chi connectivity index (χ3n) is 4.50. The van der Waals surface area contributed by atoms with Gasteiger partial charge in [0.2, 0.25) is 0 Å². The summed E-state index contributed by atoms with van der Waals surface area (Å²) in [6.07, 6.45) is 0. The van der Waals surface area contributed by atoms with Crippen LogP contribution in [0.15, 0.2) is 47.6 Å². The molecule has 1 aromatic heterocycles. The van der Waals surface area contributed by atoms with Gasteiger partial charge in [0.1, 0.15) is 5.69 Å². The summed E-state index contributed by atoms with van der Waals surface area (Å²) in [5.41, 5.74) is 4.59. The molecule has 0 fully saturated rings. The minimum atomic E-state index is -0.541. The van der Waals surface area contributed by atoms with Crippen molar-refractivity contribution in [1.82, 2.24) is 20.4 Å². The fourth-order valence-electron chi connectivity index (χ4n) is 2.90. The maximum atomic E-state index is 12.3. The second kappa shape index (κ2) is 8.49. The topological polar surface area (TPSA) is 158 Å². The van der Waals surface area contributed by atoms with Gasteiger partial charge in [-0.3, -0.25) is 25.0 Å². The monoisotopic (exact) mass is 423 g/mol. The molecule has 1 N–H and O–H groups in total. The largest absolute Gasteiger partial charge is 0.272 e. The van der Waals surface area contributed by atoms with Crippen molar-refractivity contribution in [2.45, 2.75) is 20.8 Å². The molecule has 0 aliphatic heterocycles. The minimum Gasteiger partial charge on any atom is -0.267 e. The van der Waals surface area contributed by atoms with E-state index in [1.165, 1.54) is 35.0 Å². The number of hydrogen-bond acceptors (Lipinski definition) is 8. The molecule has 0 unspecified atom stereocenters. The number of nitro benzene ring substituents is 2. The zero-order valence-corrected chi connectivity index (χ0v) is 16.8. The van der Waals surface area contributed by atoms with E-state index in [0.29, 0.717) is 28.4 Å². The molecule has 0 aliphatic carbocycles. The van der Waals surface area contributed by atoms with Crippen LogP contribution >= 0.6 is 0 Å². The van der Waals surface area contributed by atoms with Crippen LogP contribution in [-0.2, 0) is 0 Å². The molecule has 3 aromatic rings. The third kappa shape index (κ3) is 4.42. The van der Waals surface area contributed by atoms with E-state index in [2.05, 4.69) is 20.8 Å². The molecule has 0 saturated heterocycles. The molecular formula is C19H17N7O5. The van der Waals surface area contributed by atoms with Gasteiger partial charge in [-0.25, -0.2) is 10.1 Å². The highest BCUT2D eigenvalue weighted by Gasteiger charge is 2.16. The van der Waals surface area contributed by atoms with Crippen molar-refractivity contribution in [2.75, 3.05) is 0 Å². The summed E-state index contributed by atoms with van der Waals surface area (Å²) in [6.45, 7) is 4.88. The number of carbonyl (C=O) groups is 1. The predicted octanol–water partition coefficient (Wildman–Crippen LogP) is 2.85. The van der Waals surface area contributed by atoms with Crippen molar-refractivity contribution in [1.29, 1.82) is 0 Å². The fourth-order valence-corrected chi connectivity index (χ4v) is 2.90. The lowest BCUT2D eigenvalue weighted by Crippen LogP contribution is -2.20. The number of nitro groups is 2. The maximum Gasteiger partial charge on any atom is 0.272 e. The number of nitrogens with one attached hydrogen (secondary N) is 1. The normalized spacial score (nSPS) is 11.3. The first-order valence-corrected chi connectivity index (χ1v) is 8.96. The van der Waals surface area contributed by atoms with Gasteiger partial charge < -0.3 is 0 Å². The molecule has 158 valence electrons. The SMILES string of the molecule is CC(=NNC(=O)c1ccc([N+](=O)[O-])c(C)c1)c1nnn(-c2cccc([N+](=O)[O-])c2)c1C. The van der Waals surface area contributed by atoms with Crippen LogP contribution in [0.5, 0.6) is 0 Å². The zero-order chi connectivity index (χ0) is 22.7. The molecule has 3 rings (SSSR count). The van der Waals surface area contributed by atoms with Crippen LogP contribution in [0.2, 0.25) is 0 Å². The molecule has 31 heavy (non-hydrogen) atoms. The molecule has 12 nitrogen and oxygen atoms in total. The highest BCUT2D eigenvalue weighted by atomic mass is 16.6. The van der Waals surface area contributed by atoms with Gasteiger partial charge in [0, 0.05) is 29.3 Å². The van der Waals surface area contributed by atoms with Gasteiger partial charge in [-0.15, -0.1) is 5.10 Å². The molecule has 0 radical (unpaired) electrons. The molecule has 0 saturated carbocycles. The number of non-ortho nitro benzene ring substituents is 1. The summed E-state index contributed by atoms with van der Waals surface area (Å²) in [6, 6.07) is 9.95. The predicted molar refractivity (Wildman–Crippen MR) is 110 cm³/mol. The number of hydrogen-bond donors (Lipinski definition) is 1. The maximum absolute atomic E-state index is 12.3. The van der Waals surface area contributed by atoms with Crippen LogP contribution in [0, 0.1) is 34.1 Å². The van der Waals surface area contributed by atoms with E-state index in [1.807, 2.05) is 0 Å². The van der Waals surface area contributed by atoms with Gasteiger partial charge in [-0.1, -0.05) is 11.3 Å². The van der Waals surface area contributed by atoms with Crippen molar-refractivity contribution >= 4 is 23.0 Å². The number of carbonyl (C=O) groups excluding carboxylic acids is 1. The summed E-state index contributed by atoms with van der Waals surface area (Å²) in [5.74, 6) is -0.541. The van der Waals surface area contributed by atoms with Crippen molar-refractivity contribution in [3.05, 3.63) is 85.2 Å². The van der Waals surface area contributed by atoms with Gasteiger partial charge in [0.25, 0.3) is 17.3 Å². The van der Waals surface area contributed by atoms with Gasteiger partial charge in [-0.2, -0.15) is 5.10 Å². The number of aromatic nitrogens is 3. The van der Waals surface area contributed by atoms with Crippen LogP contribution < -0.4 is 5.43 Å². The van der Waals surface area contributed by atoms with Crippen molar-refractivity contribution < 1.29 is 14.6 Å². The molecule has 0 spiro atoms. The lowest BCUT2D eigenvalue weighted by molar-refractivity contribution is -0.385. The first-order chi connectivity index (χ1) is 14.7. The molecule has 0 bridgehead atoms. The van der Waals surface area contributed by atoms with Crippen molar-refractivity contribution in [3.8, 4) is 5.69 Å². The standard InChI is InChI=1S/C19H17N7O5/c1-11-9-14(7-8-17(11)26(30)31)19(27)22-20-12(2)18-13(3)24(23-21-18)15-5-4-6-16(10-15)25(28)29/h4-10H,1-3H3,(H,22,27). The Bertz CT molecular complexity index is 1230. The van der Waals surface area contributed by atoms with Crippen LogP contribution in [-0.4, -0.2) is 36.5 Å². The van der Waals surface area contributed by atoms with E-state index in [0.717, 1.165) is 0 Å². The lowest BCUT2D eigenvalue weighted by atomic mass is 10.1. The molecule has 2 aromatic carbocycles. The van der Waals surface area contributed by atoms with E-state index in [4.69, 9.17) is 0 Å². The highest BCUT2D eigenvalue weighted by molar-refractivity contribution is 6.00. The Morgan fingerprint density at radius 2 is 1.84 bits per heavy atom. The molecule has 12 heteroatoms. The van der Waals surface area contributed by atoms with Gasteiger partial charge in [0.15, 0.2) is 0 Å². The quantitative estimate of drug-likeness (QED) is 0.362. The van der Waals surface area contributed by atoms with E-state index >= 15 is 0 Å². The Hall–Kier alpha value is -4.48. The Morgan fingerprint density at radius 1 is 1.10 bits per heavy atom. The second-order valence-electron chi connectivity index (χ2n) is 6.61. The van der Waals surface area contributed by atoms with Crippen molar-refractivity contribution in [3.63, 3.8) is 0 Å². The van der Waals surface area contributed by atoms with Crippen LogP contribution in [0.25, 0.3) is 5.69 Å². The smallest absolute Gasteiger partial charge is 0.267 e. The Kier molecular flexibility index (Phi) is 5.81. The number of amides is 1. The number of hydrazone groups is 1. The van der Waals surface area contributed by atoms with E-state index in [1.54, 1.807) is 32.9 Å². The average molecular weight is 423 g/mol. The van der Waals surface area contributed by atoms with Crippen LogP contribution in [0.4, 0.5) is 11.4 Å². The molecule has 0 aliphatic rings. The Morgan fingerprint density at radius 3 is 2.48 bits per heavy atom. The first kappa shape index (κ1) is 21.2. The number of nitrogens with zero attached hydrogens (tertiary/aromatic N) is 6. The summed E-state index contributed by atoms with van der Waals surface area (Å²) < 4.78 is 1.43. The minimum absolute atomic E-state index is 0.0787. The molecule has 0 atom stereocenters. The Balaban J connectivity index is 1.81. The van der Waals surface area contributed by atoms with Gasteiger partial charge >= 0.3 is 0 Å². The number of rotatable bonds is 6. The van der Waals surface area contributed by atoms with Crippen LogP contribution in [0.3, 0.4) is 0 Å². The summed E-state index contributed by atoms with van der Waals surface area (Å²) in [4.78, 5) is 33.2. The summed E-state index contributed by atoms with van der Waals surface area (Å²) >= 11 is 0. The fraction of sp³-hybridized carbons (Fsp3) is 0.158. The Labute approximate surface area is 175 Å². The molecule has 1 amide bonds. The number of benzene rings is 2. The lowest BCUT2D eigenvalue weighted by Gasteiger charge is -2.05. The van der Waals surface area contributed by atoms with Gasteiger partial charge in [-0.05, 0) is 39.0 Å². The van der Waals surface area contributed by atoms with Gasteiger partial charge in [0.05, 0.1) is 26.9 Å². The zero-order valence-electron chi connectivity index (χ0n) is 16.8. The summed E-state index contributed by atoms with van der Waals surface area (Å²) in [7, 11) is 0. The second-order valence-corrected chi connectivity index (χ2v) is 6.61. The highest BCUT2D eigenvalue weighted by Crippen LogP contribution is 2.20. The van der Waals surface area contributed by atoms with E-state index in [9.17, 15) is 25.0 Å². The molecule has 1 heterocycles.